The molecule has 2 aliphatic heterocycles. The number of likely N-dealkylation sites (tertiary alicyclic amines) is 1. The highest BCUT2D eigenvalue weighted by Gasteiger charge is 2.47. The molecule has 2 unspecified atom stereocenters. The summed E-state index contributed by atoms with van der Waals surface area (Å²) in [6.45, 7) is 8.77. The van der Waals surface area contributed by atoms with Gasteiger partial charge in [0.15, 0.2) is 0 Å². The average Bonchev–Trinajstić information content (AvgIpc) is 3.00. The first-order chi connectivity index (χ1) is 9.11. The summed E-state index contributed by atoms with van der Waals surface area (Å²) < 4.78 is 0. The zero-order chi connectivity index (χ0) is 13.5. The number of carbonyl (C=O) groups excluding carboxylic acids is 1. The normalized spacial score (nSPS) is 33.1. The van der Waals surface area contributed by atoms with Crippen molar-refractivity contribution in [3.8, 4) is 0 Å². The van der Waals surface area contributed by atoms with E-state index in [1.165, 1.54) is 12.8 Å². The molecule has 3 fully saturated rings. The Kier molecular flexibility index (Phi) is 3.59. The van der Waals surface area contributed by atoms with Crippen molar-refractivity contribution in [2.24, 2.45) is 23.2 Å². The van der Waals surface area contributed by atoms with Crippen molar-refractivity contribution in [2.75, 3.05) is 26.2 Å². The van der Waals surface area contributed by atoms with Gasteiger partial charge >= 0.3 is 0 Å². The lowest BCUT2D eigenvalue weighted by molar-refractivity contribution is -0.142. The number of fused-ring (bicyclic) bond motifs is 1. The lowest BCUT2D eigenvalue weighted by Crippen LogP contribution is -2.43. The smallest absolute Gasteiger partial charge is 0.228 e. The van der Waals surface area contributed by atoms with E-state index in [9.17, 15) is 4.79 Å². The SMILES string of the molecule is CC(C)CC1(C(=O)N2CC3CNCC3C2)CCCC1. The minimum atomic E-state index is 0.000231. The highest BCUT2D eigenvalue weighted by atomic mass is 16.2. The third kappa shape index (κ3) is 2.42. The Morgan fingerprint density at radius 2 is 1.79 bits per heavy atom. The molecule has 3 heteroatoms. The monoisotopic (exact) mass is 264 g/mol. The molecule has 1 N–H and O–H groups in total. The standard InChI is InChI=1S/C16H28N2O/c1-12(2)7-16(5-3-4-6-16)15(19)18-10-13-8-17-9-14(13)11-18/h12-14,17H,3-11H2,1-2H3. The number of rotatable bonds is 3. The van der Waals surface area contributed by atoms with Crippen molar-refractivity contribution in [1.82, 2.24) is 10.2 Å². The molecule has 0 aromatic rings. The number of nitrogens with zero attached hydrogens (tertiary/aromatic N) is 1. The van der Waals surface area contributed by atoms with E-state index in [0.717, 1.165) is 57.3 Å². The molecule has 0 spiro atoms. The molecule has 1 amide bonds. The maximum atomic E-state index is 13.0. The van der Waals surface area contributed by atoms with Crippen LogP contribution in [0.15, 0.2) is 0 Å². The maximum absolute atomic E-state index is 13.0. The molecular weight excluding hydrogens is 236 g/mol. The van der Waals surface area contributed by atoms with Crippen molar-refractivity contribution >= 4 is 5.91 Å². The van der Waals surface area contributed by atoms with Gasteiger partial charge in [0.25, 0.3) is 0 Å². The quantitative estimate of drug-likeness (QED) is 0.848. The van der Waals surface area contributed by atoms with E-state index in [1.807, 2.05) is 0 Å². The Morgan fingerprint density at radius 3 is 2.32 bits per heavy atom. The minimum absolute atomic E-state index is 0.000231. The lowest BCUT2D eigenvalue weighted by atomic mass is 9.77. The second kappa shape index (κ2) is 5.08. The van der Waals surface area contributed by atoms with Gasteiger partial charge in [0, 0.05) is 31.6 Å². The Bertz CT molecular complexity index is 335. The first kappa shape index (κ1) is 13.4. The molecule has 3 nitrogen and oxygen atoms in total. The number of hydrogen-bond donors (Lipinski definition) is 1. The van der Waals surface area contributed by atoms with Crippen LogP contribution >= 0.6 is 0 Å². The molecule has 0 aromatic heterocycles. The van der Waals surface area contributed by atoms with Gasteiger partial charge in [-0.15, -0.1) is 0 Å². The highest BCUT2D eigenvalue weighted by Crippen LogP contribution is 2.45. The van der Waals surface area contributed by atoms with E-state index in [0.29, 0.717) is 11.8 Å². The second-order valence-electron chi connectivity index (χ2n) is 7.47. The molecule has 0 aromatic carbocycles. The largest absolute Gasteiger partial charge is 0.342 e. The number of nitrogens with one attached hydrogen (secondary N) is 1. The number of hydrogen-bond acceptors (Lipinski definition) is 2. The van der Waals surface area contributed by atoms with Crippen LogP contribution in [0.4, 0.5) is 0 Å². The van der Waals surface area contributed by atoms with Gasteiger partial charge in [0.1, 0.15) is 0 Å². The molecule has 3 rings (SSSR count). The van der Waals surface area contributed by atoms with E-state index in [4.69, 9.17) is 0 Å². The van der Waals surface area contributed by atoms with Gasteiger partial charge in [0.2, 0.25) is 5.91 Å². The zero-order valence-corrected chi connectivity index (χ0v) is 12.5. The van der Waals surface area contributed by atoms with Crippen LogP contribution < -0.4 is 5.32 Å². The van der Waals surface area contributed by atoms with E-state index in [2.05, 4.69) is 24.1 Å². The Hall–Kier alpha value is -0.570. The topological polar surface area (TPSA) is 32.3 Å². The van der Waals surface area contributed by atoms with Crippen LogP contribution in [0.5, 0.6) is 0 Å². The molecule has 1 aliphatic carbocycles. The summed E-state index contributed by atoms with van der Waals surface area (Å²) in [4.78, 5) is 15.3. The molecule has 2 heterocycles. The van der Waals surface area contributed by atoms with E-state index < -0.39 is 0 Å². The molecule has 19 heavy (non-hydrogen) atoms. The number of carbonyl (C=O) groups is 1. The summed E-state index contributed by atoms with van der Waals surface area (Å²) in [6.07, 6.45) is 5.86. The summed E-state index contributed by atoms with van der Waals surface area (Å²) in [7, 11) is 0. The van der Waals surface area contributed by atoms with E-state index in [1.54, 1.807) is 0 Å². The highest BCUT2D eigenvalue weighted by molar-refractivity contribution is 5.83. The van der Waals surface area contributed by atoms with E-state index >= 15 is 0 Å². The molecule has 0 radical (unpaired) electrons. The predicted octanol–water partition coefficient (Wildman–Crippen LogP) is 2.27. The van der Waals surface area contributed by atoms with Gasteiger partial charge in [-0.3, -0.25) is 4.79 Å². The predicted molar refractivity (Wildman–Crippen MR) is 76.8 cm³/mol. The van der Waals surface area contributed by atoms with Crippen molar-refractivity contribution in [1.29, 1.82) is 0 Å². The molecular formula is C16H28N2O. The van der Waals surface area contributed by atoms with Crippen LogP contribution in [0.3, 0.4) is 0 Å². The van der Waals surface area contributed by atoms with Crippen molar-refractivity contribution in [3.05, 3.63) is 0 Å². The second-order valence-corrected chi connectivity index (χ2v) is 7.47. The fourth-order valence-corrected chi connectivity index (χ4v) is 4.70. The minimum Gasteiger partial charge on any atom is -0.342 e. The third-order valence-corrected chi connectivity index (χ3v) is 5.49. The Balaban J connectivity index is 1.71. The summed E-state index contributed by atoms with van der Waals surface area (Å²) in [5, 5.41) is 3.46. The van der Waals surface area contributed by atoms with Gasteiger partial charge in [-0.25, -0.2) is 0 Å². The zero-order valence-electron chi connectivity index (χ0n) is 12.5. The molecule has 2 atom stereocenters. The third-order valence-electron chi connectivity index (χ3n) is 5.49. The fourth-order valence-electron chi connectivity index (χ4n) is 4.70. The Morgan fingerprint density at radius 1 is 1.21 bits per heavy atom. The van der Waals surface area contributed by atoms with Gasteiger partial charge in [-0.05, 0) is 37.0 Å². The van der Waals surface area contributed by atoms with Crippen molar-refractivity contribution in [3.63, 3.8) is 0 Å². The molecule has 3 aliphatic rings. The average molecular weight is 264 g/mol. The summed E-state index contributed by atoms with van der Waals surface area (Å²) >= 11 is 0. The summed E-state index contributed by atoms with van der Waals surface area (Å²) in [6, 6.07) is 0. The van der Waals surface area contributed by atoms with Crippen LogP contribution in [0.1, 0.15) is 46.0 Å². The van der Waals surface area contributed by atoms with Crippen LogP contribution in [0.2, 0.25) is 0 Å². The first-order valence-corrected chi connectivity index (χ1v) is 8.11. The van der Waals surface area contributed by atoms with Crippen LogP contribution in [-0.4, -0.2) is 37.0 Å². The van der Waals surface area contributed by atoms with Crippen molar-refractivity contribution < 1.29 is 4.79 Å². The molecule has 1 saturated carbocycles. The summed E-state index contributed by atoms with van der Waals surface area (Å²) in [5.41, 5.74) is 0.000231. The summed E-state index contributed by atoms with van der Waals surface area (Å²) in [5.74, 6) is 2.57. The molecule has 108 valence electrons. The first-order valence-electron chi connectivity index (χ1n) is 8.11. The van der Waals surface area contributed by atoms with Crippen LogP contribution in [0, 0.1) is 23.2 Å². The Labute approximate surface area is 117 Å². The van der Waals surface area contributed by atoms with Gasteiger partial charge < -0.3 is 10.2 Å². The van der Waals surface area contributed by atoms with Crippen molar-refractivity contribution in [2.45, 2.75) is 46.0 Å². The van der Waals surface area contributed by atoms with Crippen LogP contribution in [0.25, 0.3) is 0 Å². The van der Waals surface area contributed by atoms with Gasteiger partial charge in [-0.2, -0.15) is 0 Å². The molecule has 2 saturated heterocycles. The lowest BCUT2D eigenvalue weighted by Gasteiger charge is -2.34. The van der Waals surface area contributed by atoms with Gasteiger partial charge in [-0.1, -0.05) is 26.7 Å². The molecule has 0 bridgehead atoms. The fraction of sp³-hybridized carbons (Fsp3) is 0.938. The number of amides is 1. The van der Waals surface area contributed by atoms with E-state index in [-0.39, 0.29) is 5.41 Å². The maximum Gasteiger partial charge on any atom is 0.228 e. The van der Waals surface area contributed by atoms with Gasteiger partial charge in [0.05, 0.1) is 0 Å². The van der Waals surface area contributed by atoms with Crippen LogP contribution in [-0.2, 0) is 4.79 Å².